The number of carbonyl (C=O) groups excluding carboxylic acids is 2. The van der Waals surface area contributed by atoms with Crippen LogP contribution in [0.3, 0.4) is 0 Å². The van der Waals surface area contributed by atoms with Crippen molar-refractivity contribution in [3.63, 3.8) is 0 Å². The first-order chi connectivity index (χ1) is 7.47. The number of methoxy groups -OCH3 is 1. The Morgan fingerprint density at radius 1 is 1.44 bits per heavy atom. The highest BCUT2D eigenvalue weighted by molar-refractivity contribution is 6.05. The Hall–Kier alpha value is -0.940. The van der Waals surface area contributed by atoms with Gasteiger partial charge in [0.25, 0.3) is 0 Å². The lowest BCUT2D eigenvalue weighted by atomic mass is 10.2. The molecule has 0 spiro atoms. The molecule has 5 heteroatoms. The summed E-state index contributed by atoms with van der Waals surface area (Å²) in [5.41, 5.74) is 0. The van der Waals surface area contributed by atoms with Gasteiger partial charge in [-0.25, -0.2) is 0 Å². The molecule has 1 aliphatic rings. The lowest BCUT2D eigenvalue weighted by Gasteiger charge is -2.19. The molecule has 0 bridgehead atoms. The van der Waals surface area contributed by atoms with Gasteiger partial charge in [-0.15, -0.1) is 0 Å². The van der Waals surface area contributed by atoms with E-state index in [9.17, 15) is 9.59 Å². The minimum Gasteiger partial charge on any atom is -0.380 e. The van der Waals surface area contributed by atoms with Crippen LogP contribution in [0.4, 0.5) is 0 Å². The summed E-state index contributed by atoms with van der Waals surface area (Å²) < 4.78 is 5.07. The summed E-state index contributed by atoms with van der Waals surface area (Å²) in [7, 11) is 1.62. The van der Waals surface area contributed by atoms with Crippen LogP contribution in [0.5, 0.6) is 0 Å². The van der Waals surface area contributed by atoms with Crippen LogP contribution in [0.1, 0.15) is 27.2 Å². The topological polar surface area (TPSA) is 58.6 Å². The first-order valence-electron chi connectivity index (χ1n) is 5.59. The molecule has 2 unspecified atom stereocenters. The van der Waals surface area contributed by atoms with Gasteiger partial charge in [0.1, 0.15) is 0 Å². The maximum absolute atomic E-state index is 11.9. The molecule has 0 aliphatic carbocycles. The van der Waals surface area contributed by atoms with Crippen molar-refractivity contribution in [3.8, 4) is 0 Å². The van der Waals surface area contributed by atoms with Gasteiger partial charge in [-0.05, 0) is 20.8 Å². The standard InChI is InChI=1S/C11H20N2O3/c1-7(2)13-10(14)5-9(11(13)15)12-6-8(3)16-4/h7-9,12H,5-6H2,1-4H3. The maximum atomic E-state index is 11.9. The second kappa shape index (κ2) is 5.41. The summed E-state index contributed by atoms with van der Waals surface area (Å²) in [5, 5.41) is 3.06. The molecule has 0 saturated carbocycles. The maximum Gasteiger partial charge on any atom is 0.247 e. The number of imide groups is 1. The molecule has 92 valence electrons. The fraction of sp³-hybridized carbons (Fsp3) is 0.818. The zero-order chi connectivity index (χ0) is 12.3. The lowest BCUT2D eigenvalue weighted by Crippen LogP contribution is -2.43. The highest BCUT2D eigenvalue weighted by atomic mass is 16.5. The third-order valence-electron chi connectivity index (χ3n) is 2.75. The van der Waals surface area contributed by atoms with Crippen molar-refractivity contribution in [1.29, 1.82) is 0 Å². The van der Waals surface area contributed by atoms with Crippen molar-refractivity contribution in [2.45, 2.75) is 45.4 Å². The van der Waals surface area contributed by atoms with E-state index in [-0.39, 0.29) is 36.4 Å². The average Bonchev–Trinajstić information content (AvgIpc) is 2.50. The number of amides is 2. The van der Waals surface area contributed by atoms with Gasteiger partial charge in [0, 0.05) is 19.7 Å². The smallest absolute Gasteiger partial charge is 0.247 e. The van der Waals surface area contributed by atoms with E-state index in [1.54, 1.807) is 7.11 Å². The van der Waals surface area contributed by atoms with Gasteiger partial charge in [0.05, 0.1) is 18.6 Å². The fourth-order valence-electron chi connectivity index (χ4n) is 1.74. The largest absolute Gasteiger partial charge is 0.380 e. The van der Waals surface area contributed by atoms with Crippen LogP contribution in [-0.4, -0.2) is 48.6 Å². The molecular formula is C11H20N2O3. The minimum absolute atomic E-state index is 0.0380. The van der Waals surface area contributed by atoms with E-state index in [1.807, 2.05) is 20.8 Å². The molecule has 16 heavy (non-hydrogen) atoms. The van der Waals surface area contributed by atoms with Crippen molar-refractivity contribution >= 4 is 11.8 Å². The predicted octanol–water partition coefficient (Wildman–Crippen LogP) is 0.147. The van der Waals surface area contributed by atoms with Crippen LogP contribution < -0.4 is 5.32 Å². The monoisotopic (exact) mass is 228 g/mol. The van der Waals surface area contributed by atoms with Crippen LogP contribution >= 0.6 is 0 Å². The molecule has 1 rings (SSSR count). The summed E-state index contributed by atoms with van der Waals surface area (Å²) in [4.78, 5) is 24.8. The summed E-state index contributed by atoms with van der Waals surface area (Å²) in [5.74, 6) is -0.217. The summed E-state index contributed by atoms with van der Waals surface area (Å²) in [6, 6.07) is -0.445. The number of nitrogens with one attached hydrogen (secondary N) is 1. The Morgan fingerprint density at radius 3 is 2.50 bits per heavy atom. The Labute approximate surface area is 96.1 Å². The molecule has 0 radical (unpaired) electrons. The SMILES string of the molecule is COC(C)CNC1CC(=O)N(C(C)C)C1=O. The van der Waals surface area contributed by atoms with Gasteiger partial charge >= 0.3 is 0 Å². The first kappa shape index (κ1) is 13.1. The Morgan fingerprint density at radius 2 is 2.06 bits per heavy atom. The van der Waals surface area contributed by atoms with Crippen LogP contribution in [0.2, 0.25) is 0 Å². The quantitative estimate of drug-likeness (QED) is 0.680. The molecular weight excluding hydrogens is 208 g/mol. The van der Waals surface area contributed by atoms with Crippen molar-refractivity contribution < 1.29 is 14.3 Å². The number of rotatable bonds is 5. The summed E-state index contributed by atoms with van der Waals surface area (Å²) in [6.07, 6.45) is 0.295. The van der Waals surface area contributed by atoms with Crippen molar-refractivity contribution in [1.82, 2.24) is 10.2 Å². The van der Waals surface area contributed by atoms with Gasteiger partial charge in [-0.1, -0.05) is 0 Å². The summed E-state index contributed by atoms with van der Waals surface area (Å²) in [6.45, 7) is 6.17. The highest BCUT2D eigenvalue weighted by Crippen LogP contribution is 2.15. The van der Waals surface area contributed by atoms with E-state index in [2.05, 4.69) is 5.32 Å². The number of carbonyl (C=O) groups is 2. The van der Waals surface area contributed by atoms with Crippen LogP contribution in [0.15, 0.2) is 0 Å². The van der Waals surface area contributed by atoms with Crippen molar-refractivity contribution in [3.05, 3.63) is 0 Å². The zero-order valence-corrected chi connectivity index (χ0v) is 10.3. The van der Waals surface area contributed by atoms with Crippen LogP contribution in [0.25, 0.3) is 0 Å². The molecule has 1 heterocycles. The highest BCUT2D eigenvalue weighted by Gasteiger charge is 2.39. The Bertz CT molecular complexity index is 278. The average molecular weight is 228 g/mol. The molecule has 5 nitrogen and oxygen atoms in total. The zero-order valence-electron chi connectivity index (χ0n) is 10.3. The van der Waals surface area contributed by atoms with E-state index in [0.717, 1.165) is 0 Å². The molecule has 1 N–H and O–H groups in total. The number of hydrogen-bond donors (Lipinski definition) is 1. The third-order valence-corrected chi connectivity index (χ3v) is 2.75. The molecule has 0 aromatic carbocycles. The van der Waals surface area contributed by atoms with E-state index in [0.29, 0.717) is 6.54 Å². The van der Waals surface area contributed by atoms with Gasteiger partial charge in [-0.3, -0.25) is 14.5 Å². The molecule has 1 fully saturated rings. The van der Waals surface area contributed by atoms with Gasteiger partial charge < -0.3 is 10.1 Å². The Balaban J connectivity index is 2.52. The van der Waals surface area contributed by atoms with Crippen LogP contribution in [-0.2, 0) is 14.3 Å². The van der Waals surface area contributed by atoms with Crippen molar-refractivity contribution in [2.75, 3.05) is 13.7 Å². The van der Waals surface area contributed by atoms with Gasteiger partial charge in [0.15, 0.2) is 0 Å². The second-order valence-electron chi connectivity index (χ2n) is 4.41. The number of nitrogens with zero attached hydrogens (tertiary/aromatic N) is 1. The second-order valence-corrected chi connectivity index (χ2v) is 4.41. The van der Waals surface area contributed by atoms with E-state index >= 15 is 0 Å². The van der Waals surface area contributed by atoms with E-state index < -0.39 is 0 Å². The van der Waals surface area contributed by atoms with E-state index in [1.165, 1.54) is 4.90 Å². The molecule has 1 aliphatic heterocycles. The number of hydrogen-bond acceptors (Lipinski definition) is 4. The minimum atomic E-state index is -0.382. The van der Waals surface area contributed by atoms with Gasteiger partial charge in [0.2, 0.25) is 11.8 Å². The van der Waals surface area contributed by atoms with E-state index in [4.69, 9.17) is 4.74 Å². The first-order valence-corrected chi connectivity index (χ1v) is 5.59. The molecule has 1 saturated heterocycles. The number of likely N-dealkylation sites (tertiary alicyclic amines) is 1. The number of ether oxygens (including phenoxy) is 1. The molecule has 0 aromatic rings. The fourth-order valence-corrected chi connectivity index (χ4v) is 1.74. The normalized spacial score (nSPS) is 23.3. The predicted molar refractivity (Wildman–Crippen MR) is 59.9 cm³/mol. The van der Waals surface area contributed by atoms with Crippen molar-refractivity contribution in [2.24, 2.45) is 0 Å². The van der Waals surface area contributed by atoms with Crippen LogP contribution in [0, 0.1) is 0 Å². The Kier molecular flexibility index (Phi) is 4.44. The molecule has 2 amide bonds. The molecule has 2 atom stereocenters. The van der Waals surface area contributed by atoms with Gasteiger partial charge in [-0.2, -0.15) is 0 Å². The summed E-state index contributed by atoms with van der Waals surface area (Å²) >= 11 is 0. The third kappa shape index (κ3) is 2.80. The molecule has 0 aromatic heterocycles. The lowest BCUT2D eigenvalue weighted by molar-refractivity contribution is -0.140.